The fraction of sp³-hybridized carbons (Fsp3) is 0.700. The van der Waals surface area contributed by atoms with Crippen LogP contribution in [0, 0.1) is 16.7 Å². The van der Waals surface area contributed by atoms with Crippen molar-refractivity contribution in [3.05, 3.63) is 23.8 Å². The van der Waals surface area contributed by atoms with Gasteiger partial charge >= 0.3 is 0 Å². The zero-order chi connectivity index (χ0) is 17.3. The number of benzene rings is 1. The Balaban J connectivity index is 2.26. The van der Waals surface area contributed by atoms with Gasteiger partial charge in [-0.15, -0.1) is 0 Å². The fourth-order valence-electron chi connectivity index (χ4n) is 5.56. The van der Waals surface area contributed by atoms with Crippen molar-refractivity contribution in [1.29, 1.82) is 0 Å². The Labute approximate surface area is 142 Å². The first-order valence-electron chi connectivity index (χ1n) is 8.89. The van der Waals surface area contributed by atoms with Crippen molar-refractivity contribution in [1.82, 2.24) is 0 Å². The van der Waals surface area contributed by atoms with Crippen LogP contribution in [0.5, 0.6) is 5.75 Å². The van der Waals surface area contributed by atoms with E-state index in [1.165, 1.54) is 11.6 Å². The molecule has 0 radical (unpaired) electrons. The normalized spacial score (nSPS) is 35.6. The minimum absolute atomic E-state index is 0.0491. The summed E-state index contributed by atoms with van der Waals surface area (Å²) in [6.45, 7) is 13.8. The maximum absolute atomic E-state index is 12.1. The highest BCUT2D eigenvalue weighted by molar-refractivity contribution is 6.89. The van der Waals surface area contributed by atoms with Crippen molar-refractivity contribution in [3.63, 3.8) is 0 Å². The van der Waals surface area contributed by atoms with Gasteiger partial charge in [-0.1, -0.05) is 58.6 Å². The van der Waals surface area contributed by atoms with Gasteiger partial charge in [-0.2, -0.15) is 0 Å². The van der Waals surface area contributed by atoms with Crippen molar-refractivity contribution in [2.45, 2.75) is 65.3 Å². The van der Waals surface area contributed by atoms with Crippen LogP contribution in [-0.2, 0) is 5.60 Å². The van der Waals surface area contributed by atoms with E-state index in [1.54, 1.807) is 7.11 Å². The molecule has 128 valence electrons. The molecule has 2 saturated carbocycles. The molecule has 23 heavy (non-hydrogen) atoms. The van der Waals surface area contributed by atoms with E-state index >= 15 is 0 Å². The Morgan fingerprint density at radius 2 is 1.83 bits per heavy atom. The van der Waals surface area contributed by atoms with Crippen molar-refractivity contribution in [3.8, 4) is 5.75 Å². The van der Waals surface area contributed by atoms with Gasteiger partial charge in [-0.05, 0) is 30.4 Å². The average molecular weight is 333 g/mol. The molecule has 0 amide bonds. The van der Waals surface area contributed by atoms with E-state index in [2.05, 4.69) is 58.6 Å². The Bertz CT molecular complexity index is 624. The van der Waals surface area contributed by atoms with Gasteiger partial charge in [0.05, 0.1) is 15.2 Å². The molecule has 2 aliphatic rings. The highest BCUT2D eigenvalue weighted by Gasteiger charge is 2.69. The fourth-order valence-corrected chi connectivity index (χ4v) is 7.08. The van der Waals surface area contributed by atoms with E-state index in [1.807, 2.05) is 0 Å². The van der Waals surface area contributed by atoms with Gasteiger partial charge < -0.3 is 9.84 Å². The lowest BCUT2D eigenvalue weighted by Crippen LogP contribution is -2.52. The number of fused-ring (bicyclic) bond motifs is 2. The molecule has 0 aromatic heterocycles. The van der Waals surface area contributed by atoms with Crippen molar-refractivity contribution >= 4 is 13.3 Å². The van der Waals surface area contributed by atoms with Crippen LogP contribution < -0.4 is 9.92 Å². The molecule has 0 unspecified atom stereocenters. The summed E-state index contributed by atoms with van der Waals surface area (Å²) >= 11 is 0. The zero-order valence-electron chi connectivity index (χ0n) is 15.8. The number of para-hydroxylation sites is 1. The van der Waals surface area contributed by atoms with E-state index in [9.17, 15) is 5.11 Å². The molecule has 2 nitrogen and oxygen atoms in total. The van der Waals surface area contributed by atoms with Crippen LogP contribution in [0.3, 0.4) is 0 Å². The monoisotopic (exact) mass is 332 g/mol. The number of methoxy groups -OCH3 is 1. The van der Waals surface area contributed by atoms with Crippen molar-refractivity contribution < 1.29 is 9.84 Å². The molecule has 1 aromatic rings. The van der Waals surface area contributed by atoms with E-state index < -0.39 is 13.7 Å². The molecule has 0 aliphatic heterocycles. The Kier molecular flexibility index (Phi) is 3.60. The first-order chi connectivity index (χ1) is 10.5. The van der Waals surface area contributed by atoms with Crippen molar-refractivity contribution in [2.75, 3.05) is 7.11 Å². The second-order valence-electron chi connectivity index (χ2n) is 9.57. The lowest BCUT2D eigenvalue weighted by atomic mass is 9.57. The van der Waals surface area contributed by atoms with Gasteiger partial charge in [-0.25, -0.2) is 0 Å². The second kappa shape index (κ2) is 4.86. The Morgan fingerprint density at radius 3 is 2.30 bits per heavy atom. The summed E-state index contributed by atoms with van der Waals surface area (Å²) in [5.41, 5.74) is 0.0384. The standard InChI is InChI=1S/C20H32O2Si/c1-18(2)14-11-12-19(3,13-14)20(18,21)15-9-8-10-16(17(15)22-4)23(5,6)7/h8-10,14,21H,11-13H2,1-7H3/t14-,19+,20-/m0/s1. The number of hydrogen-bond acceptors (Lipinski definition) is 2. The number of rotatable bonds is 3. The molecule has 2 aliphatic carbocycles. The smallest absolute Gasteiger partial charge is 0.124 e. The predicted octanol–water partition coefficient (Wildman–Crippen LogP) is 4.27. The maximum atomic E-state index is 12.1. The van der Waals surface area contributed by atoms with Crippen LogP contribution in [0.25, 0.3) is 0 Å². The van der Waals surface area contributed by atoms with Crippen LogP contribution in [0.4, 0.5) is 0 Å². The third kappa shape index (κ3) is 2.02. The molecule has 3 rings (SSSR count). The summed E-state index contributed by atoms with van der Waals surface area (Å²) in [6, 6.07) is 6.42. The first-order valence-corrected chi connectivity index (χ1v) is 12.4. The Hall–Kier alpha value is -0.803. The molecular formula is C20H32O2Si. The number of hydrogen-bond donors (Lipinski definition) is 1. The van der Waals surface area contributed by atoms with Gasteiger partial charge in [0.2, 0.25) is 0 Å². The molecule has 0 saturated heterocycles. The highest BCUT2D eigenvalue weighted by atomic mass is 28.3. The van der Waals surface area contributed by atoms with E-state index in [0.29, 0.717) is 5.92 Å². The average Bonchev–Trinajstić information content (AvgIpc) is 2.93. The quantitative estimate of drug-likeness (QED) is 0.837. The zero-order valence-corrected chi connectivity index (χ0v) is 16.8. The van der Waals surface area contributed by atoms with Crippen LogP contribution in [0.2, 0.25) is 19.6 Å². The molecular weight excluding hydrogens is 300 g/mol. The third-order valence-electron chi connectivity index (χ3n) is 6.99. The molecule has 1 N–H and O–H groups in total. The topological polar surface area (TPSA) is 29.5 Å². The van der Waals surface area contributed by atoms with Crippen LogP contribution >= 0.6 is 0 Å². The number of ether oxygens (including phenoxy) is 1. The summed E-state index contributed by atoms with van der Waals surface area (Å²) in [5, 5.41) is 13.4. The van der Waals surface area contributed by atoms with Gasteiger partial charge in [0.25, 0.3) is 0 Å². The summed E-state index contributed by atoms with van der Waals surface area (Å²) in [7, 11) is 0.216. The van der Waals surface area contributed by atoms with Crippen LogP contribution in [0.1, 0.15) is 45.6 Å². The molecule has 1 aromatic carbocycles. The minimum atomic E-state index is -1.54. The highest BCUT2D eigenvalue weighted by Crippen LogP contribution is 2.72. The van der Waals surface area contributed by atoms with Crippen LogP contribution in [-0.4, -0.2) is 20.3 Å². The summed E-state index contributed by atoms with van der Waals surface area (Å²) in [6.07, 6.45) is 3.47. The van der Waals surface area contributed by atoms with Crippen molar-refractivity contribution in [2.24, 2.45) is 16.7 Å². The lowest BCUT2D eigenvalue weighted by Gasteiger charge is -2.51. The first kappa shape index (κ1) is 17.0. The van der Waals surface area contributed by atoms with Gasteiger partial charge in [0.15, 0.2) is 0 Å². The number of aliphatic hydroxyl groups is 1. The summed E-state index contributed by atoms with van der Waals surface area (Å²) in [5.74, 6) is 1.54. The van der Waals surface area contributed by atoms with Crippen LogP contribution in [0.15, 0.2) is 18.2 Å². The molecule has 2 fully saturated rings. The maximum Gasteiger partial charge on any atom is 0.124 e. The summed E-state index contributed by atoms with van der Waals surface area (Å²) < 4.78 is 5.90. The van der Waals surface area contributed by atoms with E-state index in [-0.39, 0.29) is 10.8 Å². The lowest BCUT2D eigenvalue weighted by molar-refractivity contribution is -0.151. The Morgan fingerprint density at radius 1 is 1.17 bits per heavy atom. The largest absolute Gasteiger partial charge is 0.496 e. The van der Waals surface area contributed by atoms with E-state index in [4.69, 9.17) is 4.74 Å². The molecule has 3 heteroatoms. The van der Waals surface area contributed by atoms with E-state index in [0.717, 1.165) is 24.2 Å². The molecule has 2 bridgehead atoms. The molecule has 0 heterocycles. The van der Waals surface area contributed by atoms with Gasteiger partial charge in [0.1, 0.15) is 11.4 Å². The predicted molar refractivity (Wildman–Crippen MR) is 99.1 cm³/mol. The van der Waals surface area contributed by atoms with Gasteiger partial charge in [0, 0.05) is 16.4 Å². The SMILES string of the molecule is COc1c([C@]2(O)C(C)(C)[C@H]3CC[C@]2(C)C3)cccc1[Si](C)(C)C. The minimum Gasteiger partial charge on any atom is -0.496 e. The third-order valence-corrected chi connectivity index (χ3v) is 8.99. The second-order valence-corrected chi connectivity index (χ2v) is 14.6. The molecule has 3 atom stereocenters. The molecule has 0 spiro atoms. The van der Waals surface area contributed by atoms with Gasteiger partial charge in [-0.3, -0.25) is 0 Å². The summed E-state index contributed by atoms with van der Waals surface area (Å²) in [4.78, 5) is 0.